The number of thioether (sulfide) groups is 1. The van der Waals surface area contributed by atoms with Crippen molar-refractivity contribution < 1.29 is 19.6 Å². The Morgan fingerprint density at radius 3 is 2.73 bits per heavy atom. The summed E-state index contributed by atoms with van der Waals surface area (Å²) in [6.07, 6.45) is 2.15. The summed E-state index contributed by atoms with van der Waals surface area (Å²) in [5.41, 5.74) is 0.534. The van der Waals surface area contributed by atoms with Gasteiger partial charge in [0.25, 0.3) is 11.6 Å². The predicted molar refractivity (Wildman–Crippen MR) is 119 cm³/mol. The number of allylic oxidation sites excluding steroid dienone is 1. The van der Waals surface area contributed by atoms with E-state index in [0.717, 1.165) is 34.4 Å². The Labute approximate surface area is 185 Å². The van der Waals surface area contributed by atoms with E-state index < -0.39 is 22.5 Å². The van der Waals surface area contributed by atoms with Crippen LogP contribution in [0.2, 0.25) is 5.02 Å². The fourth-order valence-electron chi connectivity index (χ4n) is 2.61. The topological polar surface area (TPSA) is 113 Å². The fraction of sp³-hybridized carbons (Fsp3) is 0.105. The first-order chi connectivity index (χ1) is 14.3. The summed E-state index contributed by atoms with van der Waals surface area (Å²) in [4.78, 5) is 36.5. The molecule has 0 bridgehead atoms. The molecule has 1 heterocycles. The van der Waals surface area contributed by atoms with Crippen molar-refractivity contribution in [2.24, 2.45) is 0 Å². The number of hydrogen-bond donors (Lipinski definition) is 2. The zero-order valence-electron chi connectivity index (χ0n) is 15.2. The van der Waals surface area contributed by atoms with E-state index in [9.17, 15) is 24.8 Å². The number of benzene rings is 2. The standard InChI is InChI=1S/C19H14ClN3O5S2/c20-13-4-2-1-3-11(13)5-8-16-18(26)22(19(29)30-16)10-17(25)21-14-7-6-12(23(27)28)9-15(14)24/h1-4,6-9,24H,5,10H2,(H,21,25)/b16-8-. The van der Waals surface area contributed by atoms with Gasteiger partial charge in [-0.2, -0.15) is 0 Å². The number of hydrogen-bond acceptors (Lipinski definition) is 7. The third-order valence-electron chi connectivity index (χ3n) is 4.11. The zero-order valence-corrected chi connectivity index (χ0v) is 17.6. The van der Waals surface area contributed by atoms with Crippen molar-refractivity contribution in [3.05, 3.63) is 74.1 Å². The number of halogens is 1. The van der Waals surface area contributed by atoms with E-state index in [1.54, 1.807) is 12.1 Å². The van der Waals surface area contributed by atoms with E-state index >= 15 is 0 Å². The molecule has 1 aliphatic rings. The van der Waals surface area contributed by atoms with Gasteiger partial charge in [0.2, 0.25) is 5.91 Å². The quantitative estimate of drug-likeness (QED) is 0.220. The van der Waals surface area contributed by atoms with E-state index in [-0.39, 0.29) is 22.2 Å². The average Bonchev–Trinajstić information content (AvgIpc) is 2.96. The minimum atomic E-state index is -0.666. The maximum absolute atomic E-state index is 12.6. The summed E-state index contributed by atoms with van der Waals surface area (Å²) in [6, 6.07) is 10.5. The predicted octanol–water partition coefficient (Wildman–Crippen LogP) is 3.88. The number of nitro groups is 1. The van der Waals surface area contributed by atoms with Crippen LogP contribution in [0.15, 0.2) is 53.4 Å². The van der Waals surface area contributed by atoms with Gasteiger partial charge in [0.1, 0.15) is 16.6 Å². The van der Waals surface area contributed by atoms with Crippen LogP contribution in [0, 0.1) is 10.1 Å². The van der Waals surface area contributed by atoms with Crippen LogP contribution >= 0.6 is 35.6 Å². The number of nitrogens with zero attached hydrogens (tertiary/aromatic N) is 2. The summed E-state index contributed by atoms with van der Waals surface area (Å²) < 4.78 is 0.230. The normalized spacial score (nSPS) is 15.0. The van der Waals surface area contributed by atoms with Gasteiger partial charge in [0, 0.05) is 11.1 Å². The Bertz CT molecular complexity index is 1090. The van der Waals surface area contributed by atoms with Crippen molar-refractivity contribution >= 4 is 63.1 Å². The molecule has 30 heavy (non-hydrogen) atoms. The fourth-order valence-corrected chi connectivity index (χ4v) is 4.05. The second-order valence-electron chi connectivity index (χ2n) is 6.13. The highest BCUT2D eigenvalue weighted by Gasteiger charge is 2.33. The van der Waals surface area contributed by atoms with Crippen LogP contribution in [0.1, 0.15) is 5.56 Å². The minimum absolute atomic E-state index is 0.00898. The Morgan fingerprint density at radius 2 is 2.07 bits per heavy atom. The molecule has 0 spiro atoms. The number of carbonyl (C=O) groups is 2. The second kappa shape index (κ2) is 9.24. The molecule has 3 rings (SSSR count). The molecule has 154 valence electrons. The van der Waals surface area contributed by atoms with Crippen molar-refractivity contribution in [1.29, 1.82) is 0 Å². The van der Waals surface area contributed by atoms with E-state index in [2.05, 4.69) is 5.32 Å². The molecule has 8 nitrogen and oxygen atoms in total. The number of carbonyl (C=O) groups excluding carboxylic acids is 2. The lowest BCUT2D eigenvalue weighted by Crippen LogP contribution is -2.36. The van der Waals surface area contributed by atoms with Crippen molar-refractivity contribution in [1.82, 2.24) is 4.90 Å². The number of aromatic hydroxyl groups is 1. The van der Waals surface area contributed by atoms with Crippen LogP contribution in [0.4, 0.5) is 11.4 Å². The summed E-state index contributed by atoms with van der Waals surface area (Å²) in [5.74, 6) is -1.47. The Morgan fingerprint density at radius 1 is 1.33 bits per heavy atom. The molecule has 0 aliphatic carbocycles. The number of nitrogens with one attached hydrogen (secondary N) is 1. The number of nitro benzene ring substituents is 1. The first kappa shape index (κ1) is 21.8. The summed E-state index contributed by atoms with van der Waals surface area (Å²) >= 11 is 12.4. The van der Waals surface area contributed by atoms with Gasteiger partial charge in [-0.25, -0.2) is 0 Å². The van der Waals surface area contributed by atoms with E-state index in [0.29, 0.717) is 16.3 Å². The number of phenols is 1. The minimum Gasteiger partial charge on any atom is -0.506 e. The third kappa shape index (κ3) is 4.96. The highest BCUT2D eigenvalue weighted by molar-refractivity contribution is 8.26. The van der Waals surface area contributed by atoms with Crippen molar-refractivity contribution in [3.63, 3.8) is 0 Å². The molecule has 1 fully saturated rings. The van der Waals surface area contributed by atoms with Crippen LogP contribution < -0.4 is 5.32 Å². The van der Waals surface area contributed by atoms with Crippen LogP contribution in [0.3, 0.4) is 0 Å². The summed E-state index contributed by atoms with van der Waals surface area (Å²) in [7, 11) is 0. The van der Waals surface area contributed by atoms with Crippen LogP contribution in [0.5, 0.6) is 5.75 Å². The molecule has 1 aliphatic heterocycles. The highest BCUT2D eigenvalue weighted by Crippen LogP contribution is 2.32. The summed E-state index contributed by atoms with van der Waals surface area (Å²) in [5, 5.41) is 23.6. The Balaban J connectivity index is 1.65. The van der Waals surface area contributed by atoms with E-state index in [1.165, 1.54) is 6.07 Å². The van der Waals surface area contributed by atoms with Crippen molar-refractivity contribution in [3.8, 4) is 5.75 Å². The number of thiocarbonyl (C=S) groups is 1. The second-order valence-corrected chi connectivity index (χ2v) is 8.21. The Hall–Kier alpha value is -2.95. The van der Waals surface area contributed by atoms with Gasteiger partial charge in [0.15, 0.2) is 0 Å². The molecule has 0 aromatic heterocycles. The lowest BCUT2D eigenvalue weighted by atomic mass is 10.1. The molecular weight excluding hydrogens is 450 g/mol. The van der Waals surface area contributed by atoms with Crippen molar-refractivity contribution in [2.45, 2.75) is 6.42 Å². The largest absolute Gasteiger partial charge is 0.506 e. The van der Waals surface area contributed by atoms with Gasteiger partial charge in [-0.05, 0) is 24.1 Å². The van der Waals surface area contributed by atoms with Crippen LogP contribution in [-0.4, -0.2) is 37.6 Å². The average molecular weight is 464 g/mol. The van der Waals surface area contributed by atoms with Gasteiger partial charge in [-0.1, -0.05) is 59.9 Å². The number of phenolic OH excluding ortho intramolecular Hbond substituents is 1. The number of amides is 2. The highest BCUT2D eigenvalue weighted by atomic mass is 35.5. The molecule has 1 saturated heterocycles. The van der Waals surface area contributed by atoms with Crippen molar-refractivity contribution in [2.75, 3.05) is 11.9 Å². The first-order valence-corrected chi connectivity index (χ1v) is 10.1. The van der Waals surface area contributed by atoms with E-state index in [1.807, 2.05) is 18.2 Å². The molecule has 0 atom stereocenters. The number of rotatable bonds is 6. The molecule has 11 heteroatoms. The summed E-state index contributed by atoms with van der Waals surface area (Å²) in [6.45, 7) is -0.357. The van der Waals surface area contributed by atoms with Gasteiger partial charge >= 0.3 is 0 Å². The molecule has 0 radical (unpaired) electrons. The SMILES string of the molecule is O=C(CN1C(=O)/C(=C/Cc2ccccc2Cl)SC1=S)Nc1ccc([N+](=O)[O-])cc1O. The van der Waals surface area contributed by atoms with Gasteiger partial charge in [0.05, 0.1) is 21.6 Å². The lowest BCUT2D eigenvalue weighted by molar-refractivity contribution is -0.384. The number of non-ortho nitro benzene ring substituents is 1. The third-order valence-corrected chi connectivity index (χ3v) is 5.90. The van der Waals surface area contributed by atoms with Gasteiger partial charge < -0.3 is 10.4 Å². The van der Waals surface area contributed by atoms with Crippen LogP contribution in [-0.2, 0) is 16.0 Å². The zero-order chi connectivity index (χ0) is 21.8. The maximum Gasteiger partial charge on any atom is 0.273 e. The lowest BCUT2D eigenvalue weighted by Gasteiger charge is -2.14. The molecule has 2 aromatic carbocycles. The molecule has 0 saturated carbocycles. The van der Waals surface area contributed by atoms with Gasteiger partial charge in [-0.3, -0.25) is 24.6 Å². The number of anilines is 1. The monoisotopic (exact) mass is 463 g/mol. The molecule has 2 aromatic rings. The smallest absolute Gasteiger partial charge is 0.273 e. The van der Waals surface area contributed by atoms with Crippen LogP contribution in [0.25, 0.3) is 0 Å². The molecule has 0 unspecified atom stereocenters. The van der Waals surface area contributed by atoms with Gasteiger partial charge in [-0.15, -0.1) is 0 Å². The molecule has 2 N–H and O–H groups in total. The molecule has 2 amide bonds. The maximum atomic E-state index is 12.6. The Kier molecular flexibility index (Phi) is 6.70. The first-order valence-electron chi connectivity index (χ1n) is 8.50. The van der Waals surface area contributed by atoms with E-state index in [4.69, 9.17) is 23.8 Å². The molecular formula is C19H14ClN3O5S2.